The zero-order chi connectivity index (χ0) is 14.1. The van der Waals surface area contributed by atoms with Gasteiger partial charge in [-0.3, -0.25) is 9.78 Å². The largest absolute Gasteiger partial charge is 0.399 e. The summed E-state index contributed by atoms with van der Waals surface area (Å²) < 4.78 is 0. The molecule has 0 spiro atoms. The van der Waals surface area contributed by atoms with Gasteiger partial charge in [0.2, 0.25) is 5.91 Å². The van der Waals surface area contributed by atoms with Crippen LogP contribution in [0.3, 0.4) is 0 Å². The minimum atomic E-state index is 0.146. The van der Waals surface area contributed by atoms with Crippen LogP contribution in [0.15, 0.2) is 36.5 Å². The monoisotopic (exact) mass is 267 g/mol. The highest BCUT2D eigenvalue weighted by Crippen LogP contribution is 2.30. The second kappa shape index (κ2) is 4.96. The van der Waals surface area contributed by atoms with Crippen LogP contribution in [0.4, 0.5) is 11.4 Å². The zero-order valence-electron chi connectivity index (χ0n) is 11.5. The van der Waals surface area contributed by atoms with Gasteiger partial charge in [-0.25, -0.2) is 0 Å². The minimum Gasteiger partial charge on any atom is -0.399 e. The Labute approximate surface area is 118 Å². The van der Waals surface area contributed by atoms with Crippen LogP contribution in [0.25, 0.3) is 0 Å². The van der Waals surface area contributed by atoms with E-state index in [0.29, 0.717) is 13.0 Å². The van der Waals surface area contributed by atoms with E-state index in [2.05, 4.69) is 4.98 Å². The molecule has 0 saturated carbocycles. The summed E-state index contributed by atoms with van der Waals surface area (Å²) in [5.41, 5.74) is 10.7. The molecule has 3 rings (SSSR count). The lowest BCUT2D eigenvalue weighted by Gasteiger charge is -2.29. The first-order valence-corrected chi connectivity index (χ1v) is 6.74. The van der Waals surface area contributed by atoms with Crippen LogP contribution < -0.4 is 10.6 Å². The lowest BCUT2D eigenvalue weighted by molar-refractivity contribution is -0.119. The molecule has 0 radical (unpaired) electrons. The minimum absolute atomic E-state index is 0.146. The molecule has 1 aliphatic rings. The normalized spacial score (nSPS) is 14.2. The zero-order valence-corrected chi connectivity index (χ0v) is 11.5. The van der Waals surface area contributed by atoms with E-state index >= 15 is 0 Å². The van der Waals surface area contributed by atoms with Gasteiger partial charge in [-0.05, 0) is 48.7 Å². The molecule has 1 amide bonds. The van der Waals surface area contributed by atoms with E-state index in [1.54, 1.807) is 6.20 Å². The van der Waals surface area contributed by atoms with Crippen LogP contribution in [0.5, 0.6) is 0 Å². The smallest absolute Gasteiger partial charge is 0.227 e. The number of hydrogen-bond donors (Lipinski definition) is 1. The number of nitrogens with zero attached hydrogens (tertiary/aromatic N) is 2. The fourth-order valence-electron chi connectivity index (χ4n) is 2.59. The highest BCUT2D eigenvalue weighted by molar-refractivity contribution is 5.96. The SMILES string of the molecule is Cc1cccnc1CN1C(=O)CCc2cc(N)ccc21. The number of fused-ring (bicyclic) bond motifs is 1. The van der Waals surface area contributed by atoms with E-state index in [1.165, 1.54) is 0 Å². The molecule has 0 unspecified atom stereocenters. The molecule has 0 atom stereocenters. The summed E-state index contributed by atoms with van der Waals surface area (Å²) in [4.78, 5) is 18.4. The topological polar surface area (TPSA) is 59.2 Å². The van der Waals surface area contributed by atoms with Crippen molar-refractivity contribution in [2.75, 3.05) is 10.6 Å². The quantitative estimate of drug-likeness (QED) is 0.850. The number of carbonyl (C=O) groups is 1. The average molecular weight is 267 g/mol. The van der Waals surface area contributed by atoms with Gasteiger partial charge in [0.05, 0.1) is 12.2 Å². The molecule has 4 nitrogen and oxygen atoms in total. The van der Waals surface area contributed by atoms with Crippen molar-refractivity contribution in [2.45, 2.75) is 26.3 Å². The van der Waals surface area contributed by atoms with Crippen LogP contribution in [0.2, 0.25) is 0 Å². The van der Waals surface area contributed by atoms with Crippen molar-refractivity contribution >= 4 is 17.3 Å². The predicted molar refractivity (Wildman–Crippen MR) is 79.3 cm³/mol. The maximum absolute atomic E-state index is 12.2. The number of nitrogen functional groups attached to an aromatic ring is 1. The number of hydrogen-bond acceptors (Lipinski definition) is 3. The standard InChI is InChI=1S/C16H17N3O/c1-11-3-2-8-18-14(11)10-19-15-6-5-13(17)9-12(15)4-7-16(19)20/h2-3,5-6,8-9H,4,7,10,17H2,1H3. The molecular weight excluding hydrogens is 250 g/mol. The Morgan fingerprint density at radius 3 is 2.95 bits per heavy atom. The molecule has 1 aliphatic heterocycles. The molecule has 2 aromatic rings. The number of benzene rings is 1. The van der Waals surface area contributed by atoms with Crippen molar-refractivity contribution in [1.82, 2.24) is 4.98 Å². The molecule has 102 valence electrons. The molecule has 0 bridgehead atoms. The fraction of sp³-hybridized carbons (Fsp3) is 0.250. The summed E-state index contributed by atoms with van der Waals surface area (Å²) in [7, 11) is 0. The van der Waals surface area contributed by atoms with Gasteiger partial charge in [-0.15, -0.1) is 0 Å². The number of aryl methyl sites for hydroxylation is 2. The number of anilines is 2. The van der Waals surface area contributed by atoms with E-state index in [0.717, 1.165) is 34.6 Å². The van der Waals surface area contributed by atoms with Crippen molar-refractivity contribution in [2.24, 2.45) is 0 Å². The predicted octanol–water partition coefficient (Wildman–Crippen LogP) is 2.45. The van der Waals surface area contributed by atoms with Crippen molar-refractivity contribution in [3.05, 3.63) is 53.3 Å². The second-order valence-electron chi connectivity index (χ2n) is 5.14. The van der Waals surface area contributed by atoms with E-state index < -0.39 is 0 Å². The van der Waals surface area contributed by atoms with Gasteiger partial charge in [0, 0.05) is 24.0 Å². The molecule has 0 fully saturated rings. The van der Waals surface area contributed by atoms with Crippen molar-refractivity contribution < 1.29 is 4.79 Å². The summed E-state index contributed by atoms with van der Waals surface area (Å²) in [5, 5.41) is 0. The molecule has 4 heteroatoms. The molecule has 0 aliphatic carbocycles. The van der Waals surface area contributed by atoms with Crippen LogP contribution in [-0.4, -0.2) is 10.9 Å². The number of nitrogens with two attached hydrogens (primary N) is 1. The molecule has 20 heavy (non-hydrogen) atoms. The first-order chi connectivity index (χ1) is 9.65. The first-order valence-electron chi connectivity index (χ1n) is 6.74. The Morgan fingerprint density at radius 1 is 1.30 bits per heavy atom. The van der Waals surface area contributed by atoms with Gasteiger partial charge in [-0.2, -0.15) is 0 Å². The van der Waals surface area contributed by atoms with E-state index in [4.69, 9.17) is 5.73 Å². The molecular formula is C16H17N3O. The van der Waals surface area contributed by atoms with E-state index in [1.807, 2.05) is 42.2 Å². The van der Waals surface area contributed by atoms with E-state index in [9.17, 15) is 4.79 Å². The van der Waals surface area contributed by atoms with Gasteiger partial charge >= 0.3 is 0 Å². The Balaban J connectivity index is 1.97. The van der Waals surface area contributed by atoms with Gasteiger partial charge in [0.15, 0.2) is 0 Å². The average Bonchev–Trinajstić information content (AvgIpc) is 2.44. The number of amides is 1. The maximum Gasteiger partial charge on any atom is 0.227 e. The Bertz CT molecular complexity index is 667. The Hall–Kier alpha value is -2.36. The van der Waals surface area contributed by atoms with Gasteiger partial charge in [-0.1, -0.05) is 6.07 Å². The van der Waals surface area contributed by atoms with Gasteiger partial charge in [0.1, 0.15) is 0 Å². The molecule has 1 aromatic heterocycles. The Kier molecular flexibility index (Phi) is 3.14. The number of carbonyl (C=O) groups excluding carboxylic acids is 1. The third-order valence-electron chi connectivity index (χ3n) is 3.73. The van der Waals surface area contributed by atoms with Gasteiger partial charge in [0.25, 0.3) is 0 Å². The maximum atomic E-state index is 12.2. The number of pyridine rings is 1. The molecule has 2 heterocycles. The molecule has 1 aromatic carbocycles. The summed E-state index contributed by atoms with van der Waals surface area (Å²) in [5.74, 6) is 0.146. The number of aromatic nitrogens is 1. The van der Waals surface area contributed by atoms with Crippen molar-refractivity contribution in [3.63, 3.8) is 0 Å². The third kappa shape index (κ3) is 2.25. The highest BCUT2D eigenvalue weighted by Gasteiger charge is 2.24. The summed E-state index contributed by atoms with van der Waals surface area (Å²) >= 11 is 0. The van der Waals surface area contributed by atoms with Crippen LogP contribution in [0, 0.1) is 6.92 Å². The van der Waals surface area contributed by atoms with E-state index in [-0.39, 0.29) is 5.91 Å². The Morgan fingerprint density at radius 2 is 2.15 bits per heavy atom. The summed E-state index contributed by atoms with van der Waals surface area (Å²) in [6.45, 7) is 2.53. The lowest BCUT2D eigenvalue weighted by atomic mass is 10.00. The van der Waals surface area contributed by atoms with Crippen LogP contribution in [0.1, 0.15) is 23.2 Å². The first kappa shape index (κ1) is 12.7. The second-order valence-corrected chi connectivity index (χ2v) is 5.14. The van der Waals surface area contributed by atoms with Gasteiger partial charge < -0.3 is 10.6 Å². The summed E-state index contributed by atoms with van der Waals surface area (Å²) in [6, 6.07) is 9.65. The highest BCUT2D eigenvalue weighted by atomic mass is 16.2. The third-order valence-corrected chi connectivity index (χ3v) is 3.73. The van der Waals surface area contributed by atoms with Crippen molar-refractivity contribution in [1.29, 1.82) is 0 Å². The molecule has 0 saturated heterocycles. The van der Waals surface area contributed by atoms with Crippen molar-refractivity contribution in [3.8, 4) is 0 Å². The van der Waals surface area contributed by atoms with Crippen LogP contribution in [-0.2, 0) is 17.8 Å². The molecule has 2 N–H and O–H groups in total. The summed E-state index contributed by atoms with van der Waals surface area (Å²) in [6.07, 6.45) is 3.06. The fourth-order valence-corrected chi connectivity index (χ4v) is 2.59. The van der Waals surface area contributed by atoms with Crippen LogP contribution >= 0.6 is 0 Å². The lowest BCUT2D eigenvalue weighted by Crippen LogP contribution is -2.35. The number of rotatable bonds is 2.